The summed E-state index contributed by atoms with van der Waals surface area (Å²) >= 11 is 1.42. The maximum atomic E-state index is 10.7. The molecule has 0 fully saturated rings. The first kappa shape index (κ1) is 9.92. The predicted octanol–water partition coefficient (Wildman–Crippen LogP) is 2.33. The number of hydrogen-bond donors (Lipinski definition) is 1. The Morgan fingerprint density at radius 1 is 1.67 bits per heavy atom. The summed E-state index contributed by atoms with van der Waals surface area (Å²) in [4.78, 5) is 11.6. The molecule has 0 radical (unpaired) electrons. The molecule has 0 aliphatic heterocycles. The molecule has 15 heavy (non-hydrogen) atoms. The van der Waals surface area contributed by atoms with E-state index in [2.05, 4.69) is 5.10 Å². The van der Waals surface area contributed by atoms with E-state index < -0.39 is 5.97 Å². The molecule has 0 unspecified atom stereocenters. The molecule has 1 N–H and O–H groups in total. The smallest absolute Gasteiger partial charge is 0.336 e. The molecule has 4 nitrogen and oxygen atoms in total. The van der Waals surface area contributed by atoms with E-state index in [9.17, 15) is 4.79 Å². The monoisotopic (exact) mass is 222 g/mol. The third kappa shape index (κ3) is 1.92. The van der Waals surface area contributed by atoms with Gasteiger partial charge in [0.2, 0.25) is 0 Å². The zero-order valence-electron chi connectivity index (χ0n) is 8.17. The molecule has 0 aromatic carbocycles. The maximum Gasteiger partial charge on any atom is 0.336 e. The van der Waals surface area contributed by atoms with Gasteiger partial charge in [-0.05, 0) is 13.0 Å². The van der Waals surface area contributed by atoms with Gasteiger partial charge in [0.15, 0.2) is 0 Å². The minimum Gasteiger partial charge on any atom is -0.478 e. The SMILES string of the molecule is CCn1cc(-c2cc(C(=O)O)cs2)cn1. The van der Waals surface area contributed by atoms with Gasteiger partial charge in [0.1, 0.15) is 0 Å². The highest BCUT2D eigenvalue weighted by Gasteiger charge is 2.09. The summed E-state index contributed by atoms with van der Waals surface area (Å²) in [6, 6.07) is 1.67. The zero-order valence-corrected chi connectivity index (χ0v) is 8.99. The molecule has 0 aliphatic rings. The molecule has 0 amide bonds. The zero-order chi connectivity index (χ0) is 10.8. The van der Waals surface area contributed by atoms with E-state index in [4.69, 9.17) is 5.11 Å². The Balaban J connectivity index is 2.32. The van der Waals surface area contributed by atoms with Crippen molar-refractivity contribution in [2.24, 2.45) is 0 Å². The number of aromatic nitrogens is 2. The number of carboxylic acids is 1. The Morgan fingerprint density at radius 2 is 2.47 bits per heavy atom. The number of aryl methyl sites for hydroxylation is 1. The van der Waals surface area contributed by atoms with Crippen LogP contribution in [-0.4, -0.2) is 20.9 Å². The van der Waals surface area contributed by atoms with Gasteiger partial charge in [-0.15, -0.1) is 11.3 Å². The molecule has 0 spiro atoms. The first-order valence-electron chi connectivity index (χ1n) is 4.55. The van der Waals surface area contributed by atoms with Crippen LogP contribution < -0.4 is 0 Å². The largest absolute Gasteiger partial charge is 0.478 e. The summed E-state index contributed by atoms with van der Waals surface area (Å²) in [5.41, 5.74) is 1.30. The van der Waals surface area contributed by atoms with Crippen LogP contribution >= 0.6 is 11.3 Å². The van der Waals surface area contributed by atoms with Gasteiger partial charge in [-0.2, -0.15) is 5.10 Å². The molecule has 0 aliphatic carbocycles. The van der Waals surface area contributed by atoms with Crippen LogP contribution in [0.3, 0.4) is 0 Å². The van der Waals surface area contributed by atoms with Crippen LogP contribution in [0.4, 0.5) is 0 Å². The van der Waals surface area contributed by atoms with Crippen molar-refractivity contribution in [2.45, 2.75) is 13.5 Å². The summed E-state index contributed by atoms with van der Waals surface area (Å²) in [7, 11) is 0. The molecule has 78 valence electrons. The average Bonchev–Trinajstić information content (AvgIpc) is 2.86. The standard InChI is InChI=1S/C10H10N2O2S/c1-2-12-5-8(4-11-12)9-3-7(6-15-9)10(13)14/h3-6H,2H2,1H3,(H,13,14). The van der Waals surface area contributed by atoms with Crippen molar-refractivity contribution in [3.8, 4) is 10.4 Å². The fraction of sp³-hybridized carbons (Fsp3) is 0.200. The van der Waals surface area contributed by atoms with Crippen LogP contribution in [0.15, 0.2) is 23.8 Å². The van der Waals surface area contributed by atoms with Crippen molar-refractivity contribution in [2.75, 3.05) is 0 Å². The van der Waals surface area contributed by atoms with Crippen LogP contribution in [0.2, 0.25) is 0 Å². The van der Waals surface area contributed by atoms with Crippen molar-refractivity contribution in [3.63, 3.8) is 0 Å². The first-order chi connectivity index (χ1) is 7.20. The van der Waals surface area contributed by atoms with Gasteiger partial charge >= 0.3 is 5.97 Å². The normalized spacial score (nSPS) is 10.5. The number of hydrogen-bond acceptors (Lipinski definition) is 3. The molecule has 2 heterocycles. The summed E-state index contributed by atoms with van der Waals surface area (Å²) in [5, 5.41) is 14.6. The highest BCUT2D eigenvalue weighted by atomic mass is 32.1. The minimum atomic E-state index is -0.889. The van der Waals surface area contributed by atoms with Crippen molar-refractivity contribution in [1.82, 2.24) is 9.78 Å². The Bertz CT molecular complexity index is 487. The van der Waals surface area contributed by atoms with Crippen molar-refractivity contribution >= 4 is 17.3 Å². The number of rotatable bonds is 3. The molecule has 0 saturated heterocycles. The molecular formula is C10H10N2O2S. The van der Waals surface area contributed by atoms with Crippen LogP contribution in [0.25, 0.3) is 10.4 Å². The van der Waals surface area contributed by atoms with E-state index in [-0.39, 0.29) is 0 Å². The predicted molar refractivity (Wildman–Crippen MR) is 58.2 cm³/mol. The molecule has 0 atom stereocenters. The molecule has 5 heteroatoms. The second-order valence-electron chi connectivity index (χ2n) is 3.09. The maximum absolute atomic E-state index is 10.7. The van der Waals surface area contributed by atoms with Gasteiger partial charge in [0.25, 0.3) is 0 Å². The van der Waals surface area contributed by atoms with Crippen molar-refractivity contribution in [3.05, 3.63) is 29.4 Å². The van der Waals surface area contributed by atoms with Crippen LogP contribution in [-0.2, 0) is 6.54 Å². The lowest BCUT2D eigenvalue weighted by molar-refractivity contribution is 0.0697. The van der Waals surface area contributed by atoms with Crippen LogP contribution in [0, 0.1) is 0 Å². The Morgan fingerprint density at radius 3 is 3.00 bits per heavy atom. The van der Waals surface area contributed by atoms with Gasteiger partial charge < -0.3 is 5.11 Å². The number of carbonyl (C=O) groups is 1. The lowest BCUT2D eigenvalue weighted by Crippen LogP contribution is -1.92. The number of nitrogens with zero attached hydrogens (tertiary/aromatic N) is 2. The van der Waals surface area contributed by atoms with E-state index in [1.165, 1.54) is 11.3 Å². The van der Waals surface area contributed by atoms with Gasteiger partial charge in [0.05, 0.1) is 11.8 Å². The van der Waals surface area contributed by atoms with E-state index >= 15 is 0 Å². The fourth-order valence-electron chi connectivity index (χ4n) is 1.26. The lowest BCUT2D eigenvalue weighted by Gasteiger charge is -1.90. The number of aromatic carboxylic acids is 1. The molecule has 0 bridgehead atoms. The third-order valence-electron chi connectivity index (χ3n) is 2.09. The Labute approximate surface area is 90.8 Å². The number of thiophene rings is 1. The van der Waals surface area contributed by atoms with E-state index in [0.717, 1.165) is 17.0 Å². The summed E-state index contributed by atoms with van der Waals surface area (Å²) in [5.74, 6) is -0.889. The minimum absolute atomic E-state index is 0.333. The average molecular weight is 222 g/mol. The van der Waals surface area contributed by atoms with Gasteiger partial charge in [-0.3, -0.25) is 4.68 Å². The highest BCUT2D eigenvalue weighted by molar-refractivity contribution is 7.13. The number of carboxylic acid groups (broad SMARTS) is 1. The molecular weight excluding hydrogens is 212 g/mol. The highest BCUT2D eigenvalue weighted by Crippen LogP contribution is 2.26. The quantitative estimate of drug-likeness (QED) is 0.867. The first-order valence-corrected chi connectivity index (χ1v) is 5.43. The van der Waals surface area contributed by atoms with E-state index in [1.54, 1.807) is 17.6 Å². The van der Waals surface area contributed by atoms with Crippen LogP contribution in [0.1, 0.15) is 17.3 Å². The second kappa shape index (κ2) is 3.86. The summed E-state index contributed by atoms with van der Waals surface area (Å²) in [6.07, 6.45) is 3.67. The van der Waals surface area contributed by atoms with Crippen LogP contribution in [0.5, 0.6) is 0 Å². The van der Waals surface area contributed by atoms with Crippen molar-refractivity contribution < 1.29 is 9.90 Å². The molecule has 0 saturated carbocycles. The van der Waals surface area contributed by atoms with E-state index in [1.807, 2.05) is 17.8 Å². The van der Waals surface area contributed by atoms with Crippen molar-refractivity contribution in [1.29, 1.82) is 0 Å². The Kier molecular flexibility index (Phi) is 2.55. The molecule has 2 rings (SSSR count). The van der Waals surface area contributed by atoms with Gasteiger partial charge in [0, 0.05) is 28.6 Å². The fourth-order valence-corrected chi connectivity index (χ4v) is 2.12. The summed E-state index contributed by atoms with van der Waals surface area (Å²) in [6.45, 7) is 2.82. The second-order valence-corrected chi connectivity index (χ2v) is 4.00. The molecule has 2 aromatic heterocycles. The summed E-state index contributed by atoms with van der Waals surface area (Å²) < 4.78 is 1.81. The van der Waals surface area contributed by atoms with E-state index in [0.29, 0.717) is 5.56 Å². The third-order valence-corrected chi connectivity index (χ3v) is 3.07. The molecule has 2 aromatic rings. The lowest BCUT2D eigenvalue weighted by atomic mass is 10.2. The van der Waals surface area contributed by atoms with Gasteiger partial charge in [-0.25, -0.2) is 4.79 Å². The topological polar surface area (TPSA) is 55.1 Å². The Hall–Kier alpha value is -1.62. The van der Waals surface area contributed by atoms with Gasteiger partial charge in [-0.1, -0.05) is 0 Å².